The molecule has 0 rings (SSSR count). The first kappa shape index (κ1) is 39.3. The van der Waals surface area contributed by atoms with Crippen molar-refractivity contribution in [2.75, 3.05) is 18.5 Å². The molecular formula is C21H48AlO6P3. The van der Waals surface area contributed by atoms with Crippen LogP contribution in [-0.2, 0) is 13.7 Å². The van der Waals surface area contributed by atoms with Crippen LogP contribution in [-0.4, -0.2) is 52.8 Å². The van der Waals surface area contributed by atoms with Gasteiger partial charge in [0.1, 0.15) is 0 Å². The summed E-state index contributed by atoms with van der Waals surface area (Å²) in [5, 5.41) is 0. The molecule has 10 heteroatoms. The average Bonchev–Trinajstić information content (AvgIpc) is 2.43. The maximum absolute atomic E-state index is 11.2. The van der Waals surface area contributed by atoms with Crippen molar-refractivity contribution < 1.29 is 28.4 Å². The molecule has 0 amide bonds. The minimum atomic E-state index is -3.07. The summed E-state index contributed by atoms with van der Waals surface area (Å²) in [7, 11) is -9.21. The molecule has 0 aliphatic heterocycles. The molecule has 0 bridgehead atoms. The van der Waals surface area contributed by atoms with E-state index in [0.717, 1.165) is 0 Å². The summed E-state index contributed by atoms with van der Waals surface area (Å²) in [6.07, 6.45) is 1.01. The molecule has 0 fully saturated rings. The van der Waals surface area contributed by atoms with E-state index >= 15 is 0 Å². The first-order chi connectivity index (χ1) is 13.1. The predicted octanol–water partition coefficient (Wildman–Crippen LogP) is 4.69. The van der Waals surface area contributed by atoms with Crippen LogP contribution in [0.5, 0.6) is 0 Å². The molecular weight excluding hydrogens is 468 g/mol. The van der Waals surface area contributed by atoms with Crippen LogP contribution in [0.15, 0.2) is 0 Å². The minimum Gasteiger partial charge on any atom is -0.799 e. The quantitative estimate of drug-likeness (QED) is 0.324. The van der Waals surface area contributed by atoms with E-state index in [-0.39, 0.29) is 52.1 Å². The van der Waals surface area contributed by atoms with Crippen molar-refractivity contribution in [1.29, 1.82) is 0 Å². The molecule has 0 aliphatic carbocycles. The van der Waals surface area contributed by atoms with Crippen LogP contribution in [0.25, 0.3) is 0 Å². The molecule has 0 saturated heterocycles. The third kappa shape index (κ3) is 22.7. The van der Waals surface area contributed by atoms with Gasteiger partial charge in [-0.1, -0.05) is 83.1 Å². The monoisotopic (exact) mass is 516 g/mol. The van der Waals surface area contributed by atoms with Gasteiger partial charge in [-0.15, -0.1) is 0 Å². The van der Waals surface area contributed by atoms with E-state index in [9.17, 15) is 28.4 Å². The van der Waals surface area contributed by atoms with E-state index in [0.29, 0.717) is 18.5 Å². The van der Waals surface area contributed by atoms with Gasteiger partial charge < -0.3 is 28.4 Å². The van der Waals surface area contributed by atoms with Crippen molar-refractivity contribution in [1.82, 2.24) is 0 Å². The average molecular weight is 517 g/mol. The molecule has 186 valence electrons. The van der Waals surface area contributed by atoms with Gasteiger partial charge in [0.05, 0.1) is 0 Å². The zero-order chi connectivity index (χ0) is 25.1. The summed E-state index contributed by atoms with van der Waals surface area (Å²) in [4.78, 5) is 33.5. The third-order valence-electron chi connectivity index (χ3n) is 4.22. The zero-order valence-electron chi connectivity index (χ0n) is 22.0. The zero-order valence-corrected chi connectivity index (χ0v) is 25.8. The fourth-order valence-corrected chi connectivity index (χ4v) is 6.48. The van der Waals surface area contributed by atoms with Gasteiger partial charge in [0.15, 0.2) is 0 Å². The minimum absolute atomic E-state index is 0. The van der Waals surface area contributed by atoms with Gasteiger partial charge in [-0.05, 0) is 53.2 Å². The molecule has 0 aliphatic rings. The molecule has 6 nitrogen and oxygen atoms in total. The van der Waals surface area contributed by atoms with Crippen molar-refractivity contribution in [3.05, 3.63) is 0 Å². The Morgan fingerprint density at radius 1 is 0.452 bits per heavy atom. The first-order valence-electron chi connectivity index (χ1n) is 11.0. The van der Waals surface area contributed by atoms with E-state index in [1.54, 1.807) is 41.5 Å². The van der Waals surface area contributed by atoms with Crippen molar-refractivity contribution in [2.24, 2.45) is 17.8 Å². The molecule has 31 heavy (non-hydrogen) atoms. The maximum atomic E-state index is 11.2. The van der Waals surface area contributed by atoms with E-state index in [4.69, 9.17) is 0 Å². The van der Waals surface area contributed by atoms with Gasteiger partial charge >= 0.3 is 17.4 Å². The molecule has 0 aromatic heterocycles. The molecule has 0 aromatic carbocycles. The molecule has 0 heterocycles. The molecule has 0 saturated carbocycles. The van der Waals surface area contributed by atoms with E-state index in [1.165, 1.54) is 0 Å². The predicted molar refractivity (Wildman–Crippen MR) is 133 cm³/mol. The Bertz CT molecular complexity index is 509. The Morgan fingerprint density at radius 3 is 0.613 bits per heavy atom. The SMILES string of the molecule is CC(C)CP(=O)([O-])C(C)C.CC(C)CP(=O)([O-])C(C)C.CC(C)CP(=O)([O-])C(C)C.[Al+3]. The summed E-state index contributed by atoms with van der Waals surface area (Å²) in [5.41, 5.74) is -0.598. The van der Waals surface area contributed by atoms with Crippen molar-refractivity contribution in [2.45, 2.75) is 100 Å². The van der Waals surface area contributed by atoms with E-state index in [1.807, 2.05) is 41.5 Å². The normalized spacial score (nSPS) is 17.3. The van der Waals surface area contributed by atoms with Crippen LogP contribution in [0.4, 0.5) is 0 Å². The fraction of sp³-hybridized carbons (Fsp3) is 1.00. The molecule has 0 spiro atoms. The Hall–Kier alpha value is 1.10. The van der Waals surface area contributed by atoms with Gasteiger partial charge in [-0.25, -0.2) is 0 Å². The second kappa shape index (κ2) is 17.5. The standard InChI is InChI=1S/3C7H17O2P.Al/c3*1-6(2)5-10(8,9)7(3)4;/h3*6-7H,5H2,1-4H3,(H,8,9);/q;;;+3/p-3. The third-order valence-corrected chi connectivity index (χ3v) is 12.7. The summed E-state index contributed by atoms with van der Waals surface area (Å²) in [6.45, 7) is 21.9. The number of rotatable bonds is 9. The van der Waals surface area contributed by atoms with Crippen molar-refractivity contribution in [3.63, 3.8) is 0 Å². The van der Waals surface area contributed by atoms with Gasteiger partial charge in [0.25, 0.3) is 0 Å². The Balaban J connectivity index is -0.000000174. The summed E-state index contributed by atoms with van der Waals surface area (Å²) < 4.78 is 33.5. The van der Waals surface area contributed by atoms with E-state index < -0.39 is 22.1 Å². The molecule has 0 aromatic rings. The Kier molecular flexibility index (Phi) is 22.2. The summed E-state index contributed by atoms with van der Waals surface area (Å²) in [6, 6.07) is 0. The Morgan fingerprint density at radius 2 is 0.581 bits per heavy atom. The first-order valence-corrected chi connectivity index (χ1v) is 16.6. The maximum Gasteiger partial charge on any atom is 3.00 e. The molecule has 0 radical (unpaired) electrons. The topological polar surface area (TPSA) is 120 Å². The van der Waals surface area contributed by atoms with Crippen molar-refractivity contribution in [3.8, 4) is 0 Å². The molecule has 3 unspecified atom stereocenters. The van der Waals surface area contributed by atoms with Gasteiger partial charge in [0.2, 0.25) is 0 Å². The van der Waals surface area contributed by atoms with Crippen LogP contribution in [0.1, 0.15) is 83.1 Å². The van der Waals surface area contributed by atoms with Gasteiger partial charge in [-0.2, -0.15) is 0 Å². The van der Waals surface area contributed by atoms with Gasteiger partial charge in [0, 0.05) is 22.1 Å². The summed E-state index contributed by atoms with van der Waals surface area (Å²) >= 11 is 0. The smallest absolute Gasteiger partial charge is 0.799 e. The fourth-order valence-electron chi connectivity index (χ4n) is 2.16. The van der Waals surface area contributed by atoms with E-state index in [2.05, 4.69) is 0 Å². The van der Waals surface area contributed by atoms with Crippen LogP contribution < -0.4 is 14.7 Å². The number of hydrogen-bond acceptors (Lipinski definition) is 6. The van der Waals surface area contributed by atoms with Crippen LogP contribution >= 0.6 is 22.1 Å². The van der Waals surface area contributed by atoms with Crippen LogP contribution in [0, 0.1) is 17.8 Å². The second-order valence-corrected chi connectivity index (χ2v) is 18.7. The van der Waals surface area contributed by atoms with Crippen molar-refractivity contribution >= 4 is 39.5 Å². The van der Waals surface area contributed by atoms with Crippen LogP contribution in [0.2, 0.25) is 0 Å². The summed E-state index contributed by atoms with van der Waals surface area (Å²) in [5.74, 6) is 0.766. The second-order valence-electron chi connectivity index (χ2n) is 10.2. The Labute approximate surface area is 203 Å². The van der Waals surface area contributed by atoms with Gasteiger partial charge in [-0.3, -0.25) is 0 Å². The van der Waals surface area contributed by atoms with Crippen LogP contribution in [0.3, 0.4) is 0 Å². The largest absolute Gasteiger partial charge is 3.00 e. The molecule has 3 atom stereocenters. The number of hydrogen-bond donors (Lipinski definition) is 0. The molecule has 0 N–H and O–H groups in total.